The van der Waals surface area contributed by atoms with E-state index in [4.69, 9.17) is 15.6 Å². The van der Waals surface area contributed by atoms with E-state index in [1.54, 1.807) is 0 Å². The van der Waals surface area contributed by atoms with Crippen LogP contribution < -0.4 is 5.73 Å². The lowest BCUT2D eigenvalue weighted by atomic mass is 10.2. The summed E-state index contributed by atoms with van der Waals surface area (Å²) < 4.78 is 20.1. The highest BCUT2D eigenvalue weighted by Gasteiger charge is 2.35. The van der Waals surface area contributed by atoms with Gasteiger partial charge in [-0.15, -0.1) is 0 Å². The SMILES string of the molecule is Nc1nc(F)nc2c1ncn2[C@@H]1C[C@@H](O)[C@H](CO)O1. The molecular formula is C10H12FN5O3. The number of rotatable bonds is 2. The molecule has 3 rings (SSSR count). The molecule has 0 amide bonds. The van der Waals surface area contributed by atoms with Gasteiger partial charge in [-0.25, -0.2) is 4.98 Å². The van der Waals surface area contributed by atoms with E-state index >= 15 is 0 Å². The third-order valence-electron chi connectivity index (χ3n) is 3.12. The largest absolute Gasteiger partial charge is 0.394 e. The molecule has 0 spiro atoms. The number of halogens is 1. The minimum absolute atomic E-state index is 0.0569. The number of fused-ring (bicyclic) bond motifs is 1. The Morgan fingerprint density at radius 2 is 2.32 bits per heavy atom. The monoisotopic (exact) mass is 269 g/mol. The van der Waals surface area contributed by atoms with Gasteiger partial charge in [0.2, 0.25) is 0 Å². The standard InChI is InChI=1S/C10H12FN5O3/c11-10-14-8(12)7-9(15-10)16(3-13-7)6-1-4(18)5(2-17)19-6/h3-6,17-18H,1-2H2,(H2,12,14,15)/t4-,5+,6+/m1/s1. The van der Waals surface area contributed by atoms with Crippen LogP contribution in [0.15, 0.2) is 6.33 Å². The minimum Gasteiger partial charge on any atom is -0.394 e. The molecule has 2 aromatic heterocycles. The first-order valence-corrected chi connectivity index (χ1v) is 5.70. The number of ether oxygens (including phenoxy) is 1. The van der Waals surface area contributed by atoms with E-state index in [1.807, 2.05) is 0 Å². The Bertz CT molecular complexity index is 618. The van der Waals surface area contributed by atoms with Crippen molar-refractivity contribution in [2.75, 3.05) is 12.3 Å². The van der Waals surface area contributed by atoms with Crippen LogP contribution in [0.3, 0.4) is 0 Å². The number of aliphatic hydroxyl groups excluding tert-OH is 2. The summed E-state index contributed by atoms with van der Waals surface area (Å²) in [6, 6.07) is 0. The molecule has 9 heteroatoms. The smallest absolute Gasteiger partial charge is 0.312 e. The fraction of sp³-hybridized carbons (Fsp3) is 0.500. The molecular weight excluding hydrogens is 257 g/mol. The van der Waals surface area contributed by atoms with Crippen LogP contribution in [-0.2, 0) is 4.74 Å². The molecule has 0 aromatic carbocycles. The quantitative estimate of drug-likeness (QED) is 0.610. The fourth-order valence-electron chi connectivity index (χ4n) is 2.17. The van der Waals surface area contributed by atoms with E-state index in [2.05, 4.69) is 15.0 Å². The molecule has 1 fully saturated rings. The van der Waals surface area contributed by atoms with Crippen molar-refractivity contribution in [2.45, 2.75) is 24.9 Å². The summed E-state index contributed by atoms with van der Waals surface area (Å²) in [5.74, 6) is -0.0569. The predicted octanol–water partition coefficient (Wildman–Crippen LogP) is -0.812. The van der Waals surface area contributed by atoms with Crippen molar-refractivity contribution >= 4 is 17.0 Å². The van der Waals surface area contributed by atoms with Crippen molar-refractivity contribution in [1.82, 2.24) is 19.5 Å². The van der Waals surface area contributed by atoms with Gasteiger partial charge in [0.05, 0.1) is 19.0 Å². The second-order valence-electron chi connectivity index (χ2n) is 4.32. The third-order valence-corrected chi connectivity index (χ3v) is 3.12. The van der Waals surface area contributed by atoms with E-state index in [9.17, 15) is 9.50 Å². The number of imidazole rings is 1. The summed E-state index contributed by atoms with van der Waals surface area (Å²) in [4.78, 5) is 11.0. The van der Waals surface area contributed by atoms with Gasteiger partial charge in [0.25, 0.3) is 0 Å². The molecule has 8 nitrogen and oxygen atoms in total. The van der Waals surface area contributed by atoms with Crippen molar-refractivity contribution in [3.05, 3.63) is 12.4 Å². The lowest BCUT2D eigenvalue weighted by molar-refractivity contribution is -0.0432. The number of hydrogen-bond donors (Lipinski definition) is 3. The zero-order valence-corrected chi connectivity index (χ0v) is 9.77. The average Bonchev–Trinajstić information content (AvgIpc) is 2.92. The first-order chi connectivity index (χ1) is 9.10. The summed E-state index contributed by atoms with van der Waals surface area (Å²) >= 11 is 0. The van der Waals surface area contributed by atoms with Gasteiger partial charge in [0.15, 0.2) is 17.0 Å². The molecule has 1 saturated heterocycles. The van der Waals surface area contributed by atoms with E-state index < -0.39 is 24.5 Å². The van der Waals surface area contributed by atoms with Crippen molar-refractivity contribution < 1.29 is 19.3 Å². The molecule has 2 aromatic rings. The van der Waals surface area contributed by atoms with E-state index in [0.29, 0.717) is 0 Å². The summed E-state index contributed by atoms with van der Waals surface area (Å²) in [7, 11) is 0. The Morgan fingerprint density at radius 1 is 1.53 bits per heavy atom. The highest BCUT2D eigenvalue weighted by Crippen LogP contribution is 2.31. The van der Waals surface area contributed by atoms with E-state index in [-0.39, 0.29) is 30.0 Å². The molecule has 0 bridgehead atoms. The van der Waals surface area contributed by atoms with Crippen LogP contribution >= 0.6 is 0 Å². The van der Waals surface area contributed by atoms with Gasteiger partial charge in [0, 0.05) is 6.42 Å². The number of aliphatic hydroxyl groups is 2. The van der Waals surface area contributed by atoms with Gasteiger partial charge in [-0.1, -0.05) is 0 Å². The summed E-state index contributed by atoms with van der Waals surface area (Å²) in [5, 5.41) is 18.7. The first-order valence-electron chi connectivity index (χ1n) is 5.70. The number of anilines is 1. The van der Waals surface area contributed by atoms with Gasteiger partial charge in [-0.2, -0.15) is 14.4 Å². The van der Waals surface area contributed by atoms with Crippen LogP contribution in [0.2, 0.25) is 0 Å². The average molecular weight is 269 g/mol. The number of nitrogen functional groups attached to an aromatic ring is 1. The van der Waals surface area contributed by atoms with Crippen LogP contribution in [0, 0.1) is 6.08 Å². The Hall–Kier alpha value is -1.84. The maximum Gasteiger partial charge on any atom is 0.312 e. The highest BCUT2D eigenvalue weighted by atomic mass is 19.1. The van der Waals surface area contributed by atoms with Crippen LogP contribution in [0.1, 0.15) is 12.6 Å². The lowest BCUT2D eigenvalue weighted by Gasteiger charge is -2.13. The second kappa shape index (κ2) is 4.37. The maximum absolute atomic E-state index is 13.2. The first kappa shape index (κ1) is 12.2. The Balaban J connectivity index is 2.02. The van der Waals surface area contributed by atoms with Gasteiger partial charge in [-0.05, 0) is 0 Å². The van der Waals surface area contributed by atoms with Gasteiger partial charge >= 0.3 is 6.08 Å². The maximum atomic E-state index is 13.2. The van der Waals surface area contributed by atoms with Crippen LogP contribution in [0.5, 0.6) is 0 Å². The third kappa shape index (κ3) is 1.91. The minimum atomic E-state index is -0.955. The van der Waals surface area contributed by atoms with E-state index in [1.165, 1.54) is 10.9 Å². The molecule has 102 valence electrons. The van der Waals surface area contributed by atoms with Crippen molar-refractivity contribution in [3.8, 4) is 0 Å². The normalized spacial score (nSPS) is 27.2. The molecule has 0 unspecified atom stereocenters. The molecule has 0 radical (unpaired) electrons. The summed E-state index contributed by atoms with van der Waals surface area (Å²) in [5.41, 5.74) is 6.02. The molecule has 1 aliphatic rings. The Morgan fingerprint density at radius 3 is 3.00 bits per heavy atom. The molecule has 1 aliphatic heterocycles. The number of aromatic nitrogens is 4. The Labute approximate surface area is 106 Å². The zero-order chi connectivity index (χ0) is 13.6. The van der Waals surface area contributed by atoms with Gasteiger partial charge < -0.3 is 20.7 Å². The van der Waals surface area contributed by atoms with Crippen LogP contribution in [0.4, 0.5) is 10.2 Å². The van der Waals surface area contributed by atoms with Crippen molar-refractivity contribution in [3.63, 3.8) is 0 Å². The number of nitrogens with zero attached hydrogens (tertiary/aromatic N) is 4. The molecule has 0 saturated carbocycles. The zero-order valence-electron chi connectivity index (χ0n) is 9.77. The Kier molecular flexibility index (Phi) is 2.81. The highest BCUT2D eigenvalue weighted by molar-refractivity contribution is 5.81. The summed E-state index contributed by atoms with van der Waals surface area (Å²) in [6.45, 7) is -0.296. The molecule has 3 heterocycles. The van der Waals surface area contributed by atoms with Gasteiger partial charge in [0.1, 0.15) is 12.3 Å². The molecule has 0 aliphatic carbocycles. The molecule has 19 heavy (non-hydrogen) atoms. The van der Waals surface area contributed by atoms with Crippen molar-refractivity contribution in [2.24, 2.45) is 0 Å². The molecule has 3 atom stereocenters. The topological polar surface area (TPSA) is 119 Å². The molecule has 4 N–H and O–H groups in total. The predicted molar refractivity (Wildman–Crippen MR) is 61.3 cm³/mol. The van der Waals surface area contributed by atoms with Crippen molar-refractivity contribution in [1.29, 1.82) is 0 Å². The van der Waals surface area contributed by atoms with Crippen LogP contribution in [0.25, 0.3) is 11.2 Å². The second-order valence-corrected chi connectivity index (χ2v) is 4.32. The van der Waals surface area contributed by atoms with E-state index in [0.717, 1.165) is 0 Å². The number of hydrogen-bond acceptors (Lipinski definition) is 7. The summed E-state index contributed by atoms with van der Waals surface area (Å²) in [6.07, 6.45) is -1.35. The van der Waals surface area contributed by atoms with Crippen LogP contribution in [-0.4, -0.2) is 48.5 Å². The number of nitrogens with two attached hydrogens (primary N) is 1. The lowest BCUT2D eigenvalue weighted by Crippen LogP contribution is -2.24. The fourth-order valence-corrected chi connectivity index (χ4v) is 2.17. The van der Waals surface area contributed by atoms with Gasteiger partial charge in [-0.3, -0.25) is 4.57 Å².